The van der Waals surface area contributed by atoms with Crippen molar-refractivity contribution in [3.8, 4) is 34.3 Å². The van der Waals surface area contributed by atoms with Crippen LogP contribution in [0.25, 0.3) is 22.2 Å². The number of aromatic amines is 1. The molecule has 0 aliphatic carbocycles. The molecule has 3 aromatic rings. The lowest BCUT2D eigenvalue weighted by Crippen LogP contribution is -2.11. The number of aromatic nitrogens is 1. The first-order valence-electron chi connectivity index (χ1n) is 7.63. The van der Waals surface area contributed by atoms with Gasteiger partial charge in [0.25, 0.3) is 0 Å². The minimum absolute atomic E-state index is 0.223. The third-order valence-electron chi connectivity index (χ3n) is 4.03. The molecule has 0 spiro atoms. The number of hydrogen-bond acceptors (Lipinski definition) is 5. The number of hydrogen-bond donors (Lipinski definition) is 1. The maximum absolute atomic E-state index is 13.0. The van der Waals surface area contributed by atoms with Gasteiger partial charge < -0.3 is 23.9 Å². The third kappa shape index (κ3) is 2.87. The molecule has 0 aliphatic rings. The van der Waals surface area contributed by atoms with Gasteiger partial charge in [0.15, 0.2) is 5.75 Å². The zero-order valence-electron chi connectivity index (χ0n) is 14.5. The van der Waals surface area contributed by atoms with Crippen molar-refractivity contribution in [2.75, 3.05) is 28.4 Å². The van der Waals surface area contributed by atoms with Crippen LogP contribution in [0, 0.1) is 0 Å². The normalized spacial score (nSPS) is 10.6. The van der Waals surface area contributed by atoms with E-state index < -0.39 is 0 Å². The summed E-state index contributed by atoms with van der Waals surface area (Å²) in [5, 5.41) is 0.414. The molecule has 0 saturated heterocycles. The average Bonchev–Trinajstić information content (AvgIpc) is 2.66. The summed E-state index contributed by atoms with van der Waals surface area (Å²) in [6, 6.07) is 10.8. The van der Waals surface area contributed by atoms with Crippen molar-refractivity contribution in [3.05, 3.63) is 46.6 Å². The van der Waals surface area contributed by atoms with Gasteiger partial charge in [-0.15, -0.1) is 0 Å². The predicted octanol–water partition coefficient (Wildman–Crippen LogP) is 3.23. The highest BCUT2D eigenvalue weighted by Gasteiger charge is 2.18. The first-order valence-corrected chi connectivity index (χ1v) is 7.63. The fraction of sp³-hybridized carbons (Fsp3) is 0.211. The molecule has 0 atom stereocenters. The molecule has 6 heteroatoms. The van der Waals surface area contributed by atoms with Crippen LogP contribution in [0.2, 0.25) is 0 Å². The van der Waals surface area contributed by atoms with Crippen molar-refractivity contribution in [1.29, 1.82) is 0 Å². The molecule has 3 rings (SSSR count). The van der Waals surface area contributed by atoms with E-state index in [4.69, 9.17) is 18.9 Å². The fourth-order valence-electron chi connectivity index (χ4n) is 2.78. The van der Waals surface area contributed by atoms with Gasteiger partial charge in [0.1, 0.15) is 17.2 Å². The Morgan fingerprint density at radius 1 is 0.800 bits per heavy atom. The molecule has 0 bridgehead atoms. The second-order valence-electron chi connectivity index (χ2n) is 5.34. The summed E-state index contributed by atoms with van der Waals surface area (Å²) in [7, 11) is 6.15. The number of pyridine rings is 1. The van der Waals surface area contributed by atoms with Gasteiger partial charge in [0.2, 0.25) is 5.43 Å². The van der Waals surface area contributed by atoms with E-state index in [-0.39, 0.29) is 11.2 Å². The Labute approximate surface area is 144 Å². The van der Waals surface area contributed by atoms with Crippen molar-refractivity contribution < 1.29 is 18.9 Å². The van der Waals surface area contributed by atoms with Crippen LogP contribution < -0.4 is 24.4 Å². The van der Waals surface area contributed by atoms with Gasteiger partial charge in [-0.05, 0) is 24.3 Å². The molecule has 1 aromatic heterocycles. The summed E-state index contributed by atoms with van der Waals surface area (Å²) in [6.45, 7) is 0. The van der Waals surface area contributed by atoms with Gasteiger partial charge in [-0.25, -0.2) is 0 Å². The van der Waals surface area contributed by atoms with Crippen LogP contribution >= 0.6 is 0 Å². The standard InChI is InChI=1S/C19H19NO5/c1-22-12-7-5-11(6-8-12)17-19(25-4)18(21)16-14(20-17)9-13(23-2)10-15(16)24-3/h5-10H,1-4H3,(H,20,21). The summed E-state index contributed by atoms with van der Waals surface area (Å²) >= 11 is 0. The Kier molecular flexibility index (Phi) is 4.52. The Morgan fingerprint density at radius 2 is 1.48 bits per heavy atom. The van der Waals surface area contributed by atoms with Crippen molar-refractivity contribution >= 4 is 10.9 Å². The molecule has 1 N–H and O–H groups in total. The highest BCUT2D eigenvalue weighted by Crippen LogP contribution is 2.34. The van der Waals surface area contributed by atoms with Crippen molar-refractivity contribution in [2.24, 2.45) is 0 Å². The molecule has 0 aliphatic heterocycles. The van der Waals surface area contributed by atoms with E-state index in [0.29, 0.717) is 28.1 Å². The second kappa shape index (κ2) is 6.76. The zero-order valence-corrected chi connectivity index (χ0v) is 14.5. The lowest BCUT2D eigenvalue weighted by molar-refractivity contribution is 0.396. The van der Waals surface area contributed by atoms with E-state index in [1.807, 2.05) is 24.3 Å². The van der Waals surface area contributed by atoms with E-state index in [0.717, 1.165) is 11.3 Å². The van der Waals surface area contributed by atoms with Gasteiger partial charge in [-0.1, -0.05) is 0 Å². The minimum atomic E-state index is -0.249. The number of H-pyrrole nitrogens is 1. The first-order chi connectivity index (χ1) is 12.1. The third-order valence-corrected chi connectivity index (χ3v) is 4.03. The van der Waals surface area contributed by atoms with Gasteiger partial charge >= 0.3 is 0 Å². The molecule has 2 aromatic carbocycles. The van der Waals surface area contributed by atoms with Crippen LogP contribution in [0.5, 0.6) is 23.0 Å². The molecular weight excluding hydrogens is 322 g/mol. The van der Waals surface area contributed by atoms with Crippen LogP contribution in [-0.2, 0) is 0 Å². The molecule has 0 radical (unpaired) electrons. The summed E-state index contributed by atoms with van der Waals surface area (Å²) < 4.78 is 21.2. The van der Waals surface area contributed by atoms with Crippen molar-refractivity contribution in [2.45, 2.75) is 0 Å². The van der Waals surface area contributed by atoms with E-state index in [1.54, 1.807) is 26.4 Å². The number of nitrogens with one attached hydrogen (secondary N) is 1. The molecule has 0 saturated carbocycles. The molecule has 6 nitrogen and oxygen atoms in total. The van der Waals surface area contributed by atoms with E-state index >= 15 is 0 Å². The SMILES string of the molecule is COc1ccc(-c2[nH]c3cc(OC)cc(OC)c3c(=O)c2OC)cc1. The summed E-state index contributed by atoms with van der Waals surface area (Å²) in [5.74, 6) is 1.97. The number of benzene rings is 2. The number of fused-ring (bicyclic) bond motifs is 1. The van der Waals surface area contributed by atoms with E-state index in [1.165, 1.54) is 14.2 Å². The molecule has 0 amide bonds. The van der Waals surface area contributed by atoms with Gasteiger partial charge in [-0.3, -0.25) is 4.79 Å². The highest BCUT2D eigenvalue weighted by molar-refractivity contribution is 5.90. The van der Waals surface area contributed by atoms with Crippen LogP contribution in [0.4, 0.5) is 0 Å². The van der Waals surface area contributed by atoms with Crippen LogP contribution in [-0.4, -0.2) is 33.4 Å². The lowest BCUT2D eigenvalue weighted by Gasteiger charge is -2.14. The fourth-order valence-corrected chi connectivity index (χ4v) is 2.78. The summed E-state index contributed by atoms with van der Waals surface area (Å²) in [4.78, 5) is 16.2. The van der Waals surface area contributed by atoms with Crippen LogP contribution in [0.3, 0.4) is 0 Å². The Balaban J connectivity index is 2.33. The smallest absolute Gasteiger partial charge is 0.235 e. The molecule has 0 unspecified atom stereocenters. The Hall–Kier alpha value is -3.15. The van der Waals surface area contributed by atoms with E-state index in [2.05, 4.69) is 4.98 Å². The van der Waals surface area contributed by atoms with Gasteiger partial charge in [0, 0.05) is 17.7 Å². The lowest BCUT2D eigenvalue weighted by atomic mass is 10.1. The van der Waals surface area contributed by atoms with Crippen molar-refractivity contribution in [1.82, 2.24) is 4.98 Å². The molecule has 1 heterocycles. The largest absolute Gasteiger partial charge is 0.497 e. The monoisotopic (exact) mass is 341 g/mol. The molecule has 130 valence electrons. The first kappa shape index (κ1) is 16.7. The minimum Gasteiger partial charge on any atom is -0.497 e. The maximum Gasteiger partial charge on any atom is 0.235 e. The van der Waals surface area contributed by atoms with Crippen LogP contribution in [0.1, 0.15) is 0 Å². The highest BCUT2D eigenvalue weighted by atomic mass is 16.5. The summed E-state index contributed by atoms with van der Waals surface area (Å²) in [6.07, 6.45) is 0. The summed E-state index contributed by atoms with van der Waals surface area (Å²) in [5.41, 5.74) is 1.74. The molecule has 0 fully saturated rings. The quantitative estimate of drug-likeness (QED) is 0.771. The predicted molar refractivity (Wildman–Crippen MR) is 96.2 cm³/mol. The van der Waals surface area contributed by atoms with E-state index in [9.17, 15) is 4.79 Å². The Morgan fingerprint density at radius 3 is 2.04 bits per heavy atom. The average molecular weight is 341 g/mol. The zero-order chi connectivity index (χ0) is 18.0. The molecular formula is C19H19NO5. The number of methoxy groups -OCH3 is 4. The van der Waals surface area contributed by atoms with Crippen molar-refractivity contribution in [3.63, 3.8) is 0 Å². The van der Waals surface area contributed by atoms with Gasteiger partial charge in [0.05, 0.1) is 45.0 Å². The number of rotatable bonds is 5. The van der Waals surface area contributed by atoms with Gasteiger partial charge in [-0.2, -0.15) is 0 Å². The topological polar surface area (TPSA) is 69.8 Å². The van der Waals surface area contributed by atoms with Crippen LogP contribution in [0.15, 0.2) is 41.2 Å². The molecule has 25 heavy (non-hydrogen) atoms. The maximum atomic E-state index is 13.0. The number of ether oxygens (including phenoxy) is 4. The Bertz CT molecular complexity index is 960. The second-order valence-corrected chi connectivity index (χ2v) is 5.34.